The largest absolute Gasteiger partial charge is 0.304 e. The summed E-state index contributed by atoms with van der Waals surface area (Å²) in [5.41, 5.74) is 5.70. The quantitative estimate of drug-likeness (QED) is 0.616. The van der Waals surface area contributed by atoms with Crippen molar-refractivity contribution in [3.05, 3.63) is 59.9 Å². The van der Waals surface area contributed by atoms with Gasteiger partial charge in [0, 0.05) is 17.5 Å². The number of hydrogen-bond acceptors (Lipinski definition) is 1. The third-order valence-electron chi connectivity index (χ3n) is 3.09. The predicted octanol–water partition coefficient (Wildman–Crippen LogP) is 4.64. The van der Waals surface area contributed by atoms with Crippen LogP contribution in [0.2, 0.25) is 0 Å². The van der Waals surface area contributed by atoms with Gasteiger partial charge in [0.1, 0.15) is 5.65 Å². The van der Waals surface area contributed by atoms with Gasteiger partial charge in [-0.3, -0.25) is 0 Å². The van der Waals surface area contributed by atoms with E-state index in [9.17, 15) is 0 Å². The van der Waals surface area contributed by atoms with Crippen LogP contribution in [-0.2, 0) is 0 Å². The van der Waals surface area contributed by atoms with E-state index < -0.39 is 0 Å². The molecule has 19 heavy (non-hydrogen) atoms. The molecule has 0 saturated heterocycles. The maximum atomic E-state index is 4.68. The van der Waals surface area contributed by atoms with Crippen molar-refractivity contribution in [1.29, 1.82) is 0 Å². The highest BCUT2D eigenvalue weighted by Crippen LogP contribution is 2.23. The first-order valence-electron chi connectivity index (χ1n) is 6.76. The zero-order chi connectivity index (χ0) is 13.8. The fraction of sp³-hybridized carbons (Fsp3) is 0.235. The van der Waals surface area contributed by atoms with Crippen LogP contribution in [0.4, 0.5) is 0 Å². The van der Waals surface area contributed by atoms with Gasteiger partial charge in [0.25, 0.3) is 0 Å². The molecule has 2 heteroatoms. The van der Waals surface area contributed by atoms with Gasteiger partial charge >= 0.3 is 0 Å². The maximum Gasteiger partial charge on any atom is 0.137 e. The predicted molar refractivity (Wildman–Crippen MR) is 81.5 cm³/mol. The van der Waals surface area contributed by atoms with Crippen molar-refractivity contribution in [3.63, 3.8) is 0 Å². The second-order valence-corrected chi connectivity index (χ2v) is 4.34. The summed E-state index contributed by atoms with van der Waals surface area (Å²) in [7, 11) is 0. The molecule has 98 valence electrons. The van der Waals surface area contributed by atoms with E-state index in [0.717, 1.165) is 11.3 Å². The summed E-state index contributed by atoms with van der Waals surface area (Å²) >= 11 is 0. The molecule has 0 aliphatic heterocycles. The molecule has 0 aliphatic rings. The minimum Gasteiger partial charge on any atom is -0.304 e. The van der Waals surface area contributed by atoms with Crippen molar-refractivity contribution >= 4 is 5.65 Å². The Kier molecular flexibility index (Phi) is 4.00. The minimum absolute atomic E-state index is 1.00. The topological polar surface area (TPSA) is 17.3 Å². The third-order valence-corrected chi connectivity index (χ3v) is 3.09. The van der Waals surface area contributed by atoms with E-state index in [1.807, 2.05) is 32.0 Å². The Hall–Kier alpha value is -2.09. The SMILES string of the molecule is CC.Cc1ccc(-c2nc3ccccn3c2C)cc1. The van der Waals surface area contributed by atoms with E-state index in [1.165, 1.54) is 16.8 Å². The summed E-state index contributed by atoms with van der Waals surface area (Å²) in [6.45, 7) is 8.20. The summed E-state index contributed by atoms with van der Waals surface area (Å²) in [6.07, 6.45) is 2.05. The molecule has 2 heterocycles. The molecule has 3 rings (SSSR count). The van der Waals surface area contributed by atoms with Crippen LogP contribution in [0.5, 0.6) is 0 Å². The Bertz CT molecular complexity index is 663. The van der Waals surface area contributed by atoms with E-state index in [4.69, 9.17) is 0 Å². The van der Waals surface area contributed by atoms with Gasteiger partial charge in [-0.05, 0) is 26.0 Å². The second-order valence-electron chi connectivity index (χ2n) is 4.34. The Morgan fingerprint density at radius 1 is 0.895 bits per heavy atom. The van der Waals surface area contributed by atoms with E-state index in [2.05, 4.69) is 53.7 Å². The van der Waals surface area contributed by atoms with Crippen LogP contribution in [0.3, 0.4) is 0 Å². The number of imidazole rings is 1. The lowest BCUT2D eigenvalue weighted by atomic mass is 10.1. The minimum atomic E-state index is 1.00. The number of hydrogen-bond donors (Lipinski definition) is 0. The summed E-state index contributed by atoms with van der Waals surface area (Å²) in [5.74, 6) is 0. The number of aryl methyl sites for hydroxylation is 2. The van der Waals surface area contributed by atoms with Gasteiger partial charge in [-0.15, -0.1) is 0 Å². The molecule has 0 fully saturated rings. The molecular weight excluding hydrogens is 232 g/mol. The smallest absolute Gasteiger partial charge is 0.137 e. The average Bonchev–Trinajstić information content (AvgIpc) is 2.80. The zero-order valence-electron chi connectivity index (χ0n) is 12.0. The molecule has 0 amide bonds. The monoisotopic (exact) mass is 252 g/mol. The molecule has 0 aliphatic carbocycles. The van der Waals surface area contributed by atoms with Gasteiger partial charge in [0.05, 0.1) is 5.69 Å². The molecule has 3 aromatic rings. The van der Waals surface area contributed by atoms with E-state index in [0.29, 0.717) is 0 Å². The second kappa shape index (κ2) is 5.70. The molecule has 1 aromatic carbocycles. The highest BCUT2D eigenvalue weighted by molar-refractivity contribution is 5.66. The van der Waals surface area contributed by atoms with Crippen molar-refractivity contribution in [3.8, 4) is 11.3 Å². The molecule has 0 N–H and O–H groups in total. The normalized spacial score (nSPS) is 10.1. The van der Waals surface area contributed by atoms with Crippen molar-refractivity contribution in [2.45, 2.75) is 27.7 Å². The number of rotatable bonds is 1. The van der Waals surface area contributed by atoms with Gasteiger partial charge in [-0.1, -0.05) is 49.7 Å². The number of fused-ring (bicyclic) bond motifs is 1. The van der Waals surface area contributed by atoms with Crippen LogP contribution in [0.15, 0.2) is 48.7 Å². The lowest BCUT2D eigenvalue weighted by molar-refractivity contribution is 1.11. The molecule has 0 saturated carbocycles. The van der Waals surface area contributed by atoms with Crippen LogP contribution in [0.1, 0.15) is 25.1 Å². The van der Waals surface area contributed by atoms with Crippen LogP contribution in [0, 0.1) is 13.8 Å². The standard InChI is InChI=1S/C15H14N2.C2H6/c1-11-6-8-13(9-7-11)15-12(2)17-10-4-3-5-14(17)16-15;1-2/h3-10H,1-2H3;1-2H3. The molecule has 0 atom stereocenters. The lowest BCUT2D eigenvalue weighted by Crippen LogP contribution is -1.86. The molecule has 0 spiro atoms. The molecule has 0 unspecified atom stereocenters. The van der Waals surface area contributed by atoms with Gasteiger partial charge in [-0.2, -0.15) is 0 Å². The fourth-order valence-electron chi connectivity index (χ4n) is 2.10. The van der Waals surface area contributed by atoms with Crippen LogP contribution >= 0.6 is 0 Å². The number of pyridine rings is 1. The lowest BCUT2D eigenvalue weighted by Gasteiger charge is -2.00. The first-order chi connectivity index (χ1) is 9.25. The third kappa shape index (κ3) is 2.53. The van der Waals surface area contributed by atoms with E-state index in [1.54, 1.807) is 0 Å². The number of benzene rings is 1. The van der Waals surface area contributed by atoms with Crippen molar-refractivity contribution in [2.24, 2.45) is 0 Å². The van der Waals surface area contributed by atoms with Gasteiger partial charge in [-0.25, -0.2) is 4.98 Å². The Morgan fingerprint density at radius 3 is 2.21 bits per heavy atom. The summed E-state index contributed by atoms with van der Waals surface area (Å²) in [6, 6.07) is 14.6. The Labute approximate surface area is 114 Å². The zero-order valence-corrected chi connectivity index (χ0v) is 12.0. The molecule has 0 radical (unpaired) electrons. The molecule has 0 bridgehead atoms. The van der Waals surface area contributed by atoms with Crippen molar-refractivity contribution in [2.75, 3.05) is 0 Å². The number of aromatic nitrogens is 2. The van der Waals surface area contributed by atoms with Crippen LogP contribution in [0.25, 0.3) is 16.9 Å². The molecule has 2 nitrogen and oxygen atoms in total. The van der Waals surface area contributed by atoms with Crippen molar-refractivity contribution < 1.29 is 0 Å². The average molecular weight is 252 g/mol. The highest BCUT2D eigenvalue weighted by Gasteiger charge is 2.08. The Balaban J connectivity index is 0.000000637. The number of nitrogens with zero attached hydrogens (tertiary/aromatic N) is 2. The molecule has 2 aromatic heterocycles. The summed E-state index contributed by atoms with van der Waals surface area (Å²) < 4.78 is 2.12. The summed E-state index contributed by atoms with van der Waals surface area (Å²) in [4.78, 5) is 4.68. The van der Waals surface area contributed by atoms with Gasteiger partial charge in [0.2, 0.25) is 0 Å². The van der Waals surface area contributed by atoms with Crippen molar-refractivity contribution in [1.82, 2.24) is 9.38 Å². The molecular formula is C17H20N2. The van der Waals surface area contributed by atoms with E-state index in [-0.39, 0.29) is 0 Å². The maximum absolute atomic E-state index is 4.68. The van der Waals surface area contributed by atoms with E-state index >= 15 is 0 Å². The van der Waals surface area contributed by atoms with Crippen LogP contribution in [-0.4, -0.2) is 9.38 Å². The fourth-order valence-corrected chi connectivity index (χ4v) is 2.10. The first kappa shape index (κ1) is 13.3. The van der Waals surface area contributed by atoms with Crippen LogP contribution < -0.4 is 0 Å². The highest BCUT2D eigenvalue weighted by atomic mass is 15.0. The Morgan fingerprint density at radius 2 is 1.58 bits per heavy atom. The first-order valence-corrected chi connectivity index (χ1v) is 6.76. The van der Waals surface area contributed by atoms with Gasteiger partial charge in [0.15, 0.2) is 0 Å². The van der Waals surface area contributed by atoms with Gasteiger partial charge < -0.3 is 4.40 Å². The summed E-state index contributed by atoms with van der Waals surface area (Å²) in [5, 5.41) is 0.